The van der Waals surface area contributed by atoms with Crippen LogP contribution in [0.25, 0.3) is 0 Å². The lowest BCUT2D eigenvalue weighted by Crippen LogP contribution is -2.50. The second-order valence-corrected chi connectivity index (χ2v) is 6.50. The van der Waals surface area contributed by atoms with E-state index >= 15 is 0 Å². The van der Waals surface area contributed by atoms with Crippen molar-refractivity contribution in [3.8, 4) is 0 Å². The van der Waals surface area contributed by atoms with Crippen LogP contribution in [0.15, 0.2) is 33.7 Å². The molecule has 3 nitrogen and oxygen atoms in total. The van der Waals surface area contributed by atoms with Gasteiger partial charge in [-0.1, -0.05) is 35.8 Å². The monoisotopic (exact) mass is 309 g/mol. The molecule has 1 atom stereocenters. The fourth-order valence-electron chi connectivity index (χ4n) is 2.76. The Morgan fingerprint density at radius 3 is 2.83 bits per heavy atom. The van der Waals surface area contributed by atoms with E-state index in [2.05, 4.69) is 58.7 Å². The van der Waals surface area contributed by atoms with Crippen molar-refractivity contribution < 1.29 is 0 Å². The number of halogens is 1. The number of guanidine groups is 1. The van der Waals surface area contributed by atoms with Crippen LogP contribution in [0.2, 0.25) is 0 Å². The molecule has 0 saturated heterocycles. The third-order valence-electron chi connectivity index (χ3n) is 3.27. The highest BCUT2D eigenvalue weighted by molar-refractivity contribution is 9.10. The Morgan fingerprint density at radius 1 is 1.50 bits per heavy atom. The Labute approximate surface area is 117 Å². The smallest absolute Gasteiger partial charge is 0.196 e. The first-order valence-corrected chi connectivity index (χ1v) is 7.07. The summed E-state index contributed by atoms with van der Waals surface area (Å²) in [5.74, 6) is 1.24. The van der Waals surface area contributed by atoms with Crippen LogP contribution in [0.1, 0.15) is 27.2 Å². The molecule has 2 N–H and O–H groups in total. The lowest BCUT2D eigenvalue weighted by molar-refractivity contribution is 0.392. The predicted octanol–water partition coefficient (Wildman–Crippen LogP) is 3.39. The molecular formula is C14H20BrN3. The van der Waals surface area contributed by atoms with Gasteiger partial charge in [-0.05, 0) is 37.5 Å². The molecule has 0 saturated carbocycles. The van der Waals surface area contributed by atoms with Gasteiger partial charge in [-0.3, -0.25) is 4.99 Å². The van der Waals surface area contributed by atoms with Crippen LogP contribution < -0.4 is 10.6 Å². The zero-order valence-corrected chi connectivity index (χ0v) is 12.7. The standard InChI is InChI=1S/C14H20BrN3/c1-10(2)8-14(3)9-17-13(16)18(14)12-6-4-5-11(15)7-12/h4-7,10H,8-9H2,1-3H3,(H2,16,17). The molecule has 1 aliphatic rings. The molecule has 1 aliphatic heterocycles. The molecule has 0 radical (unpaired) electrons. The molecule has 0 aromatic heterocycles. The zero-order chi connectivity index (χ0) is 13.3. The average molecular weight is 310 g/mol. The summed E-state index contributed by atoms with van der Waals surface area (Å²) in [7, 11) is 0. The SMILES string of the molecule is CC(C)CC1(C)CN=C(N)N1c1cccc(Br)c1. The van der Waals surface area contributed by atoms with Crippen LogP contribution in [-0.2, 0) is 0 Å². The average Bonchev–Trinajstić information content (AvgIpc) is 2.53. The predicted molar refractivity (Wildman–Crippen MR) is 81.0 cm³/mol. The number of anilines is 1. The number of hydrogen-bond donors (Lipinski definition) is 1. The summed E-state index contributed by atoms with van der Waals surface area (Å²) in [5.41, 5.74) is 7.16. The van der Waals surface area contributed by atoms with E-state index in [-0.39, 0.29) is 5.54 Å². The van der Waals surface area contributed by atoms with Crippen molar-refractivity contribution >= 4 is 27.6 Å². The van der Waals surface area contributed by atoms with E-state index in [0.717, 1.165) is 23.1 Å². The molecule has 1 aromatic carbocycles. The number of nitrogens with two attached hydrogens (primary N) is 1. The molecule has 4 heteroatoms. The van der Waals surface area contributed by atoms with Crippen molar-refractivity contribution in [2.45, 2.75) is 32.7 Å². The third kappa shape index (κ3) is 2.53. The molecular weight excluding hydrogens is 290 g/mol. The normalized spacial score (nSPS) is 23.6. The second kappa shape index (κ2) is 4.92. The van der Waals surface area contributed by atoms with Crippen LogP contribution in [0.5, 0.6) is 0 Å². The number of aliphatic imine (C=N–C) groups is 1. The van der Waals surface area contributed by atoms with Crippen LogP contribution in [0, 0.1) is 5.92 Å². The van der Waals surface area contributed by atoms with Gasteiger partial charge in [0.25, 0.3) is 0 Å². The van der Waals surface area contributed by atoms with Gasteiger partial charge in [0.1, 0.15) is 0 Å². The Hall–Kier alpha value is -1.03. The van der Waals surface area contributed by atoms with E-state index in [9.17, 15) is 0 Å². The van der Waals surface area contributed by atoms with Gasteiger partial charge in [0.15, 0.2) is 5.96 Å². The maximum absolute atomic E-state index is 6.07. The number of hydrogen-bond acceptors (Lipinski definition) is 3. The minimum absolute atomic E-state index is 0.0148. The zero-order valence-electron chi connectivity index (χ0n) is 11.2. The van der Waals surface area contributed by atoms with Crippen LogP contribution in [0.3, 0.4) is 0 Å². The minimum Gasteiger partial charge on any atom is -0.369 e. The molecule has 1 heterocycles. The molecule has 18 heavy (non-hydrogen) atoms. The summed E-state index contributed by atoms with van der Waals surface area (Å²) < 4.78 is 1.06. The maximum Gasteiger partial charge on any atom is 0.196 e. The summed E-state index contributed by atoms with van der Waals surface area (Å²) in [6.07, 6.45) is 1.07. The number of rotatable bonds is 3. The highest BCUT2D eigenvalue weighted by Gasteiger charge is 2.39. The Balaban J connectivity index is 2.36. The number of benzene rings is 1. The molecule has 0 spiro atoms. The van der Waals surface area contributed by atoms with Crippen molar-refractivity contribution in [2.75, 3.05) is 11.4 Å². The van der Waals surface area contributed by atoms with Crippen LogP contribution >= 0.6 is 15.9 Å². The Bertz CT molecular complexity index is 470. The summed E-state index contributed by atoms with van der Waals surface area (Å²) in [4.78, 5) is 6.60. The quantitative estimate of drug-likeness (QED) is 0.930. The summed E-state index contributed by atoms with van der Waals surface area (Å²) in [5, 5.41) is 0. The van der Waals surface area contributed by atoms with Gasteiger partial charge in [-0.25, -0.2) is 0 Å². The highest BCUT2D eigenvalue weighted by Crippen LogP contribution is 2.34. The van der Waals surface area contributed by atoms with Crippen molar-refractivity contribution in [1.82, 2.24) is 0 Å². The largest absolute Gasteiger partial charge is 0.369 e. The topological polar surface area (TPSA) is 41.6 Å². The van der Waals surface area contributed by atoms with Gasteiger partial charge in [0.05, 0.1) is 12.1 Å². The van der Waals surface area contributed by atoms with Crippen molar-refractivity contribution in [3.63, 3.8) is 0 Å². The van der Waals surface area contributed by atoms with Crippen molar-refractivity contribution in [2.24, 2.45) is 16.6 Å². The van der Waals surface area contributed by atoms with Gasteiger partial charge >= 0.3 is 0 Å². The summed E-state index contributed by atoms with van der Waals surface area (Å²) in [6, 6.07) is 8.22. The molecule has 0 bridgehead atoms. The highest BCUT2D eigenvalue weighted by atomic mass is 79.9. The minimum atomic E-state index is -0.0148. The van der Waals surface area contributed by atoms with E-state index in [0.29, 0.717) is 11.9 Å². The molecule has 2 rings (SSSR count). The van der Waals surface area contributed by atoms with Crippen LogP contribution in [0.4, 0.5) is 5.69 Å². The lowest BCUT2D eigenvalue weighted by Gasteiger charge is -2.37. The molecule has 0 amide bonds. The third-order valence-corrected chi connectivity index (χ3v) is 3.76. The fraction of sp³-hybridized carbons (Fsp3) is 0.500. The van der Waals surface area contributed by atoms with Gasteiger partial charge in [0, 0.05) is 10.2 Å². The maximum atomic E-state index is 6.07. The van der Waals surface area contributed by atoms with E-state index in [4.69, 9.17) is 5.73 Å². The molecule has 0 fully saturated rings. The Kier molecular flexibility index (Phi) is 3.66. The first-order valence-electron chi connectivity index (χ1n) is 6.28. The Morgan fingerprint density at radius 2 is 2.22 bits per heavy atom. The van der Waals surface area contributed by atoms with Gasteiger partial charge in [0.2, 0.25) is 0 Å². The molecule has 1 unspecified atom stereocenters. The summed E-state index contributed by atoms with van der Waals surface area (Å²) >= 11 is 3.51. The summed E-state index contributed by atoms with van der Waals surface area (Å²) in [6.45, 7) is 7.47. The van der Waals surface area contributed by atoms with Crippen LogP contribution in [-0.4, -0.2) is 18.0 Å². The van der Waals surface area contributed by atoms with E-state index in [1.807, 2.05) is 12.1 Å². The van der Waals surface area contributed by atoms with Gasteiger partial charge in [-0.2, -0.15) is 0 Å². The van der Waals surface area contributed by atoms with E-state index < -0.39 is 0 Å². The second-order valence-electron chi connectivity index (χ2n) is 5.58. The number of nitrogens with zero attached hydrogens (tertiary/aromatic N) is 2. The van der Waals surface area contributed by atoms with E-state index in [1.54, 1.807) is 0 Å². The van der Waals surface area contributed by atoms with Crippen molar-refractivity contribution in [3.05, 3.63) is 28.7 Å². The van der Waals surface area contributed by atoms with Gasteiger partial charge < -0.3 is 10.6 Å². The van der Waals surface area contributed by atoms with Crippen molar-refractivity contribution in [1.29, 1.82) is 0 Å². The fourth-order valence-corrected chi connectivity index (χ4v) is 3.15. The lowest BCUT2D eigenvalue weighted by atomic mass is 9.89. The molecule has 0 aliphatic carbocycles. The van der Waals surface area contributed by atoms with E-state index in [1.165, 1.54) is 0 Å². The van der Waals surface area contributed by atoms with Gasteiger partial charge in [-0.15, -0.1) is 0 Å². The first kappa shape index (κ1) is 13.4. The molecule has 98 valence electrons. The molecule has 1 aromatic rings. The first-order chi connectivity index (χ1) is 8.42.